The van der Waals surface area contributed by atoms with Crippen LogP contribution >= 0.6 is 0 Å². The highest BCUT2D eigenvalue weighted by molar-refractivity contribution is 5.15. The van der Waals surface area contributed by atoms with Gasteiger partial charge in [-0.2, -0.15) is 0 Å². The van der Waals surface area contributed by atoms with Crippen LogP contribution in [0.25, 0.3) is 0 Å². The lowest BCUT2D eigenvalue weighted by molar-refractivity contribution is -0.0803. The lowest BCUT2D eigenvalue weighted by Gasteiger charge is -2.54. The highest BCUT2D eigenvalue weighted by Gasteiger charge is 2.64. The fraction of sp³-hybridized carbons (Fsp3) is 0.900. The molecule has 5 aliphatic carbocycles. The molecule has 116 valence electrons. The van der Waals surface area contributed by atoms with Crippen molar-refractivity contribution in [3.8, 4) is 0 Å². The van der Waals surface area contributed by atoms with Gasteiger partial charge in [0.2, 0.25) is 0 Å². The van der Waals surface area contributed by atoms with Crippen LogP contribution in [0.5, 0.6) is 0 Å². The Morgan fingerprint density at radius 3 is 2.62 bits per heavy atom. The fourth-order valence-corrected chi connectivity index (χ4v) is 8.10. The van der Waals surface area contributed by atoms with Crippen LogP contribution in [0.3, 0.4) is 0 Å². The number of allylic oxidation sites excluding steroid dienone is 2. The van der Waals surface area contributed by atoms with Gasteiger partial charge in [-0.25, -0.2) is 0 Å². The summed E-state index contributed by atoms with van der Waals surface area (Å²) in [6.45, 7) is 0. The molecule has 0 aliphatic heterocycles. The molecule has 8 unspecified atom stereocenters. The Morgan fingerprint density at radius 1 is 0.857 bits per heavy atom. The van der Waals surface area contributed by atoms with Crippen LogP contribution < -0.4 is 0 Å². The summed E-state index contributed by atoms with van der Waals surface area (Å²) in [5.41, 5.74) is 0.719. The van der Waals surface area contributed by atoms with Crippen LogP contribution in [0.1, 0.15) is 64.2 Å². The van der Waals surface area contributed by atoms with E-state index < -0.39 is 0 Å². The van der Waals surface area contributed by atoms with Gasteiger partial charge in [-0.15, -0.1) is 0 Å². The highest BCUT2D eigenvalue weighted by atomic mass is 16.3. The smallest absolute Gasteiger partial charge is 0.0574 e. The van der Waals surface area contributed by atoms with Gasteiger partial charge in [0.05, 0.1) is 6.10 Å². The van der Waals surface area contributed by atoms with Gasteiger partial charge in [0, 0.05) is 0 Å². The molecular formula is C20H30O. The van der Waals surface area contributed by atoms with Gasteiger partial charge >= 0.3 is 0 Å². The Morgan fingerprint density at radius 2 is 1.71 bits per heavy atom. The zero-order valence-electron chi connectivity index (χ0n) is 13.2. The van der Waals surface area contributed by atoms with E-state index in [2.05, 4.69) is 12.2 Å². The molecule has 0 aromatic rings. The first-order chi connectivity index (χ1) is 10.3. The molecule has 5 rings (SSSR count). The van der Waals surface area contributed by atoms with Crippen molar-refractivity contribution in [1.82, 2.24) is 0 Å². The number of hydrogen-bond acceptors (Lipinski definition) is 1. The molecule has 1 nitrogen and oxygen atoms in total. The summed E-state index contributed by atoms with van der Waals surface area (Å²) in [6.07, 6.45) is 18.8. The van der Waals surface area contributed by atoms with Crippen molar-refractivity contribution in [2.24, 2.45) is 40.9 Å². The Balaban J connectivity index is 1.53. The molecule has 21 heavy (non-hydrogen) atoms. The van der Waals surface area contributed by atoms with Crippen LogP contribution in [0.2, 0.25) is 0 Å². The predicted octanol–water partition coefficient (Wildman–Crippen LogP) is 4.56. The van der Waals surface area contributed by atoms with E-state index in [0.717, 1.165) is 47.8 Å². The maximum Gasteiger partial charge on any atom is 0.0574 e. The molecule has 0 aromatic heterocycles. The van der Waals surface area contributed by atoms with Crippen molar-refractivity contribution in [1.29, 1.82) is 0 Å². The monoisotopic (exact) mass is 286 g/mol. The molecule has 0 aromatic carbocycles. The molecule has 0 heterocycles. The minimum atomic E-state index is -0.00829. The molecule has 2 bridgehead atoms. The summed E-state index contributed by atoms with van der Waals surface area (Å²) >= 11 is 0. The van der Waals surface area contributed by atoms with Gasteiger partial charge in [-0.1, -0.05) is 18.6 Å². The second-order valence-corrected chi connectivity index (χ2v) is 8.90. The molecule has 0 amide bonds. The van der Waals surface area contributed by atoms with Crippen LogP contribution in [-0.2, 0) is 0 Å². The van der Waals surface area contributed by atoms with Crippen molar-refractivity contribution < 1.29 is 5.11 Å². The summed E-state index contributed by atoms with van der Waals surface area (Å²) in [6, 6.07) is 0. The summed E-state index contributed by atoms with van der Waals surface area (Å²) in [5, 5.41) is 10.5. The average Bonchev–Trinajstić information content (AvgIpc) is 3.20. The first-order valence-corrected chi connectivity index (χ1v) is 9.64. The zero-order valence-corrected chi connectivity index (χ0v) is 13.2. The number of aliphatic hydroxyl groups excluding tert-OH is 1. The Labute approximate surface area is 129 Å². The Hall–Kier alpha value is -0.300. The van der Waals surface area contributed by atoms with Gasteiger partial charge in [0.15, 0.2) is 0 Å². The molecule has 0 saturated heterocycles. The van der Waals surface area contributed by atoms with Crippen LogP contribution in [0.4, 0.5) is 0 Å². The zero-order chi connectivity index (χ0) is 14.0. The lowest BCUT2D eigenvalue weighted by atomic mass is 9.51. The predicted molar refractivity (Wildman–Crippen MR) is 84.7 cm³/mol. The van der Waals surface area contributed by atoms with Crippen LogP contribution in [0, 0.1) is 40.9 Å². The van der Waals surface area contributed by atoms with E-state index in [1.165, 1.54) is 38.5 Å². The summed E-state index contributed by atoms with van der Waals surface area (Å²) in [4.78, 5) is 0. The van der Waals surface area contributed by atoms with Gasteiger partial charge in [-0.05, 0) is 98.7 Å². The third-order valence-corrected chi connectivity index (χ3v) is 8.63. The third kappa shape index (κ3) is 1.62. The van der Waals surface area contributed by atoms with E-state index in [4.69, 9.17) is 0 Å². The van der Waals surface area contributed by atoms with E-state index in [0.29, 0.717) is 5.92 Å². The lowest BCUT2D eigenvalue weighted by Crippen LogP contribution is -2.49. The Bertz CT molecular complexity index is 455. The van der Waals surface area contributed by atoms with Gasteiger partial charge in [-0.3, -0.25) is 0 Å². The topological polar surface area (TPSA) is 20.2 Å². The SMILES string of the molecule is OC1CCC(C23CCCC2C2CCC3C2)C2CC=CCC12. The normalized spacial score (nSPS) is 58.2. The highest BCUT2D eigenvalue weighted by Crippen LogP contribution is 2.72. The fourth-order valence-electron chi connectivity index (χ4n) is 8.10. The molecule has 4 saturated carbocycles. The van der Waals surface area contributed by atoms with Crippen molar-refractivity contribution in [2.45, 2.75) is 70.3 Å². The maximum absolute atomic E-state index is 10.5. The van der Waals surface area contributed by atoms with E-state index in [-0.39, 0.29) is 6.10 Å². The van der Waals surface area contributed by atoms with Gasteiger partial charge in [0.1, 0.15) is 0 Å². The molecular weight excluding hydrogens is 256 g/mol. The molecule has 1 heteroatoms. The largest absolute Gasteiger partial charge is 0.393 e. The van der Waals surface area contributed by atoms with E-state index >= 15 is 0 Å². The van der Waals surface area contributed by atoms with Crippen LogP contribution in [-0.4, -0.2) is 11.2 Å². The molecule has 0 radical (unpaired) electrons. The average molecular weight is 286 g/mol. The summed E-state index contributed by atoms with van der Waals surface area (Å²) in [7, 11) is 0. The first kappa shape index (κ1) is 13.2. The van der Waals surface area contributed by atoms with Crippen molar-refractivity contribution in [2.75, 3.05) is 0 Å². The molecule has 5 aliphatic rings. The van der Waals surface area contributed by atoms with Gasteiger partial charge < -0.3 is 5.11 Å². The third-order valence-electron chi connectivity index (χ3n) is 8.63. The van der Waals surface area contributed by atoms with Gasteiger partial charge in [0.25, 0.3) is 0 Å². The minimum absolute atomic E-state index is 0.00829. The number of hydrogen-bond donors (Lipinski definition) is 1. The second kappa shape index (κ2) is 4.60. The standard InChI is InChI=1S/C20H30O/c21-19-10-9-18(15-4-1-2-5-16(15)19)20-11-3-6-17(20)13-7-8-14(20)12-13/h1-2,13-19,21H,3-12H2. The number of fused-ring (bicyclic) bond motifs is 6. The Kier molecular flexibility index (Phi) is 2.88. The first-order valence-electron chi connectivity index (χ1n) is 9.64. The quantitative estimate of drug-likeness (QED) is 0.701. The summed E-state index contributed by atoms with van der Waals surface area (Å²) < 4.78 is 0. The second-order valence-electron chi connectivity index (χ2n) is 8.90. The minimum Gasteiger partial charge on any atom is -0.393 e. The maximum atomic E-state index is 10.5. The molecule has 4 fully saturated rings. The van der Waals surface area contributed by atoms with Crippen molar-refractivity contribution in [3.05, 3.63) is 12.2 Å². The number of rotatable bonds is 1. The molecule has 0 spiro atoms. The van der Waals surface area contributed by atoms with E-state index in [9.17, 15) is 5.11 Å². The van der Waals surface area contributed by atoms with Crippen molar-refractivity contribution >= 4 is 0 Å². The molecule has 1 N–H and O–H groups in total. The van der Waals surface area contributed by atoms with E-state index in [1.807, 2.05) is 0 Å². The van der Waals surface area contributed by atoms with E-state index in [1.54, 1.807) is 12.8 Å². The van der Waals surface area contributed by atoms with Crippen molar-refractivity contribution in [3.63, 3.8) is 0 Å². The molecule has 8 atom stereocenters. The van der Waals surface area contributed by atoms with Crippen LogP contribution in [0.15, 0.2) is 12.2 Å². The summed E-state index contributed by atoms with van der Waals surface area (Å²) in [5.74, 6) is 5.55. The number of aliphatic hydroxyl groups is 1.